The van der Waals surface area contributed by atoms with Gasteiger partial charge in [0.05, 0.1) is 18.3 Å². The van der Waals surface area contributed by atoms with Gasteiger partial charge in [-0.15, -0.1) is 0 Å². The Morgan fingerprint density at radius 2 is 2.15 bits per heavy atom. The molecule has 2 nitrogen and oxygen atoms in total. The number of hydrogen-bond acceptors (Lipinski definition) is 2. The van der Waals surface area contributed by atoms with Gasteiger partial charge in [-0.25, -0.2) is 0 Å². The van der Waals surface area contributed by atoms with Gasteiger partial charge in [-0.3, -0.25) is 0 Å². The largest absolute Gasteiger partial charge is 0.416 e. The van der Waals surface area contributed by atoms with E-state index in [1.54, 1.807) is 6.07 Å². The molecule has 1 heterocycles. The summed E-state index contributed by atoms with van der Waals surface area (Å²) in [5.41, 5.74) is 0.125. The molecular weight excluding hydrogens is 267 g/mol. The van der Waals surface area contributed by atoms with Crippen LogP contribution in [0.5, 0.6) is 0 Å². The van der Waals surface area contributed by atoms with Gasteiger partial charge < -0.3 is 10.1 Å². The Morgan fingerprint density at radius 3 is 2.70 bits per heavy atom. The minimum Gasteiger partial charge on any atom is -0.378 e. The van der Waals surface area contributed by atoms with Crippen LogP contribution in [0.3, 0.4) is 0 Å². The average molecular weight is 287 g/mol. The Balaban J connectivity index is 2.08. The molecule has 1 N–H and O–H groups in total. The zero-order valence-electron chi connectivity index (χ0n) is 11.7. The number of halogens is 3. The molecule has 0 aliphatic carbocycles. The zero-order chi connectivity index (χ0) is 14.8. The van der Waals surface area contributed by atoms with Crippen LogP contribution in [0.1, 0.15) is 24.5 Å². The van der Waals surface area contributed by atoms with Gasteiger partial charge in [0, 0.05) is 12.0 Å². The molecule has 1 aromatic carbocycles. The predicted molar refractivity (Wildman–Crippen MR) is 71.5 cm³/mol. The van der Waals surface area contributed by atoms with Gasteiger partial charge in [0.25, 0.3) is 0 Å². The lowest BCUT2D eigenvalue weighted by atomic mass is 9.91. The number of nitrogens with one attached hydrogen (secondary N) is 1. The van der Waals surface area contributed by atoms with Crippen molar-refractivity contribution >= 4 is 0 Å². The van der Waals surface area contributed by atoms with Crippen molar-refractivity contribution in [3.63, 3.8) is 0 Å². The second-order valence-electron chi connectivity index (χ2n) is 5.44. The zero-order valence-corrected chi connectivity index (χ0v) is 11.7. The molecule has 0 amide bonds. The normalized spacial score (nSPS) is 24.9. The van der Waals surface area contributed by atoms with Gasteiger partial charge in [0.15, 0.2) is 0 Å². The number of rotatable bonds is 4. The van der Waals surface area contributed by atoms with E-state index in [1.165, 1.54) is 12.1 Å². The molecule has 112 valence electrons. The first-order valence-electron chi connectivity index (χ1n) is 6.85. The van der Waals surface area contributed by atoms with Crippen molar-refractivity contribution in [3.8, 4) is 0 Å². The lowest BCUT2D eigenvalue weighted by Crippen LogP contribution is -2.36. The quantitative estimate of drug-likeness (QED) is 0.917. The molecule has 1 aromatic rings. The van der Waals surface area contributed by atoms with Crippen molar-refractivity contribution in [2.75, 3.05) is 13.7 Å². The maximum atomic E-state index is 12.7. The van der Waals surface area contributed by atoms with Crippen molar-refractivity contribution in [2.24, 2.45) is 5.92 Å². The van der Waals surface area contributed by atoms with E-state index < -0.39 is 11.7 Å². The summed E-state index contributed by atoms with van der Waals surface area (Å²) in [6.07, 6.45) is -2.51. The summed E-state index contributed by atoms with van der Waals surface area (Å²) in [5.74, 6) is 0.351. The highest BCUT2D eigenvalue weighted by atomic mass is 19.4. The Morgan fingerprint density at radius 1 is 1.40 bits per heavy atom. The van der Waals surface area contributed by atoms with E-state index in [1.807, 2.05) is 14.0 Å². The Bertz CT molecular complexity index is 447. The van der Waals surface area contributed by atoms with Crippen molar-refractivity contribution in [3.05, 3.63) is 35.4 Å². The van der Waals surface area contributed by atoms with Crippen molar-refractivity contribution in [1.82, 2.24) is 5.32 Å². The van der Waals surface area contributed by atoms with Crippen LogP contribution in [-0.4, -0.2) is 25.8 Å². The standard InChI is InChI=1S/C15H20F3NO/c1-10-6-12(9-20-10)14(19-2)8-11-4-3-5-13(7-11)15(16,17)18/h3-5,7,10,12,14,19H,6,8-9H2,1-2H3. The van der Waals surface area contributed by atoms with Crippen LogP contribution in [0.2, 0.25) is 0 Å². The Hall–Kier alpha value is -1.07. The van der Waals surface area contributed by atoms with E-state index in [9.17, 15) is 13.2 Å². The molecule has 0 aromatic heterocycles. The molecule has 3 unspecified atom stereocenters. The van der Waals surface area contributed by atoms with Crippen molar-refractivity contribution < 1.29 is 17.9 Å². The summed E-state index contributed by atoms with van der Waals surface area (Å²) in [6, 6.07) is 5.71. The number of hydrogen-bond donors (Lipinski definition) is 1. The van der Waals surface area contributed by atoms with Gasteiger partial charge in [-0.2, -0.15) is 13.2 Å². The van der Waals surface area contributed by atoms with E-state index >= 15 is 0 Å². The van der Waals surface area contributed by atoms with Crippen LogP contribution in [0.4, 0.5) is 13.2 Å². The van der Waals surface area contributed by atoms with Crippen LogP contribution >= 0.6 is 0 Å². The maximum Gasteiger partial charge on any atom is 0.416 e. The topological polar surface area (TPSA) is 21.3 Å². The molecule has 0 saturated carbocycles. The number of ether oxygens (including phenoxy) is 1. The summed E-state index contributed by atoms with van der Waals surface area (Å²) in [5, 5.41) is 3.21. The molecule has 5 heteroatoms. The van der Waals surface area contributed by atoms with Gasteiger partial charge >= 0.3 is 6.18 Å². The van der Waals surface area contributed by atoms with Crippen molar-refractivity contribution in [2.45, 2.75) is 38.1 Å². The minimum atomic E-state index is -4.28. The molecule has 1 aliphatic heterocycles. The summed E-state index contributed by atoms with van der Waals surface area (Å²) in [7, 11) is 1.85. The average Bonchev–Trinajstić information content (AvgIpc) is 2.82. The molecule has 3 atom stereocenters. The SMILES string of the molecule is CNC(Cc1cccc(C(F)(F)F)c1)C1COC(C)C1. The summed E-state index contributed by atoms with van der Waals surface area (Å²) in [6.45, 7) is 2.70. The first-order chi connectivity index (χ1) is 9.40. The summed E-state index contributed by atoms with van der Waals surface area (Å²) in [4.78, 5) is 0. The minimum absolute atomic E-state index is 0.142. The van der Waals surface area contributed by atoms with Gasteiger partial charge in [0.2, 0.25) is 0 Å². The first-order valence-corrected chi connectivity index (χ1v) is 6.85. The number of benzene rings is 1. The van der Waals surface area contributed by atoms with Crippen LogP contribution in [0.15, 0.2) is 24.3 Å². The molecule has 1 fully saturated rings. The highest BCUT2D eigenvalue weighted by Gasteiger charge is 2.32. The summed E-state index contributed by atoms with van der Waals surface area (Å²) >= 11 is 0. The van der Waals surface area contributed by atoms with Crippen LogP contribution in [0, 0.1) is 5.92 Å². The maximum absolute atomic E-state index is 12.7. The third-order valence-corrected chi connectivity index (χ3v) is 3.88. The predicted octanol–water partition coefficient (Wildman–Crippen LogP) is 3.26. The lowest BCUT2D eigenvalue weighted by Gasteiger charge is -2.22. The fourth-order valence-electron chi connectivity index (χ4n) is 2.76. The smallest absolute Gasteiger partial charge is 0.378 e. The molecule has 0 bridgehead atoms. The highest BCUT2D eigenvalue weighted by molar-refractivity contribution is 5.26. The molecule has 1 saturated heterocycles. The second-order valence-corrected chi connectivity index (χ2v) is 5.44. The Kier molecular flexibility index (Phi) is 4.70. The molecule has 1 aliphatic rings. The van der Waals surface area contributed by atoms with E-state index in [0.29, 0.717) is 24.5 Å². The Labute approximate surface area is 117 Å². The molecule has 2 rings (SSSR count). The number of alkyl halides is 3. The van der Waals surface area contributed by atoms with Crippen molar-refractivity contribution in [1.29, 1.82) is 0 Å². The van der Waals surface area contributed by atoms with Gasteiger partial charge in [-0.05, 0) is 38.4 Å². The van der Waals surface area contributed by atoms with Crippen LogP contribution < -0.4 is 5.32 Å². The van der Waals surface area contributed by atoms with Crippen LogP contribution in [0.25, 0.3) is 0 Å². The molecular formula is C15H20F3NO. The fraction of sp³-hybridized carbons (Fsp3) is 0.600. The first kappa shape index (κ1) is 15.3. The fourth-order valence-corrected chi connectivity index (χ4v) is 2.76. The van der Waals surface area contributed by atoms with E-state index in [-0.39, 0.29) is 12.1 Å². The number of likely N-dealkylation sites (N-methyl/N-ethyl adjacent to an activating group) is 1. The monoisotopic (exact) mass is 287 g/mol. The third kappa shape index (κ3) is 3.73. The van der Waals surface area contributed by atoms with Crippen LogP contribution in [-0.2, 0) is 17.3 Å². The summed E-state index contributed by atoms with van der Waals surface area (Å²) < 4.78 is 43.7. The molecule has 0 radical (unpaired) electrons. The molecule has 20 heavy (non-hydrogen) atoms. The molecule has 0 spiro atoms. The highest BCUT2D eigenvalue weighted by Crippen LogP contribution is 2.30. The van der Waals surface area contributed by atoms with E-state index in [4.69, 9.17) is 4.74 Å². The van der Waals surface area contributed by atoms with Gasteiger partial charge in [0.1, 0.15) is 0 Å². The van der Waals surface area contributed by atoms with E-state index in [0.717, 1.165) is 12.5 Å². The van der Waals surface area contributed by atoms with E-state index in [2.05, 4.69) is 5.32 Å². The van der Waals surface area contributed by atoms with Gasteiger partial charge in [-0.1, -0.05) is 18.2 Å². The lowest BCUT2D eigenvalue weighted by molar-refractivity contribution is -0.137. The second kappa shape index (κ2) is 6.14. The third-order valence-electron chi connectivity index (χ3n) is 3.88.